The van der Waals surface area contributed by atoms with Crippen LogP contribution in [0.5, 0.6) is 0 Å². The van der Waals surface area contributed by atoms with E-state index in [0.29, 0.717) is 5.92 Å². The zero-order chi connectivity index (χ0) is 14.9. The predicted octanol–water partition coefficient (Wildman–Crippen LogP) is 3.97. The van der Waals surface area contributed by atoms with Gasteiger partial charge in [0.25, 0.3) is 0 Å². The molecule has 0 radical (unpaired) electrons. The highest BCUT2D eigenvalue weighted by molar-refractivity contribution is 6.30. The fourth-order valence-corrected chi connectivity index (χ4v) is 2.83. The number of benzene rings is 1. The Balaban J connectivity index is 2.32. The van der Waals surface area contributed by atoms with Crippen LogP contribution in [0, 0.1) is 13.8 Å². The first kappa shape index (κ1) is 15.1. The van der Waals surface area contributed by atoms with Crippen LogP contribution in [0.2, 0.25) is 5.02 Å². The van der Waals surface area contributed by atoms with Crippen LogP contribution in [0.3, 0.4) is 0 Å². The van der Waals surface area contributed by atoms with E-state index in [1.54, 1.807) is 0 Å². The molecule has 0 saturated carbocycles. The summed E-state index contributed by atoms with van der Waals surface area (Å²) < 4.78 is 2.18. The number of hydrogen-bond acceptors (Lipinski definition) is 1. The molecule has 0 spiro atoms. The van der Waals surface area contributed by atoms with Gasteiger partial charge in [-0.3, -0.25) is 0 Å². The lowest BCUT2D eigenvalue weighted by molar-refractivity contribution is 0.562. The van der Waals surface area contributed by atoms with Crippen molar-refractivity contribution in [2.24, 2.45) is 12.8 Å². The molecule has 0 aliphatic rings. The average Bonchev–Trinajstić information content (AvgIpc) is 2.65. The molecule has 0 aliphatic heterocycles. The van der Waals surface area contributed by atoms with E-state index >= 15 is 0 Å². The highest BCUT2D eigenvalue weighted by Crippen LogP contribution is 2.29. The van der Waals surface area contributed by atoms with Gasteiger partial charge in [0, 0.05) is 35.9 Å². The summed E-state index contributed by atoms with van der Waals surface area (Å²) in [6.07, 6.45) is 3.16. The van der Waals surface area contributed by atoms with Gasteiger partial charge in [-0.25, -0.2) is 0 Å². The minimum atomic E-state index is 0.117. The van der Waals surface area contributed by atoms with Gasteiger partial charge in [-0.05, 0) is 56.0 Å². The molecule has 2 aromatic rings. The lowest BCUT2D eigenvalue weighted by atomic mass is 9.86. The second-order valence-corrected chi connectivity index (χ2v) is 6.14. The molecule has 0 bridgehead atoms. The Bertz CT molecular complexity index is 582. The van der Waals surface area contributed by atoms with Gasteiger partial charge in [-0.2, -0.15) is 0 Å². The van der Waals surface area contributed by atoms with Gasteiger partial charge < -0.3 is 10.3 Å². The summed E-state index contributed by atoms with van der Waals surface area (Å²) in [7, 11) is 2.09. The summed E-state index contributed by atoms with van der Waals surface area (Å²) in [5.74, 6) is 0.330. The highest BCUT2D eigenvalue weighted by atomic mass is 35.5. The Hall–Kier alpha value is -1.25. The van der Waals surface area contributed by atoms with Crippen molar-refractivity contribution in [2.75, 3.05) is 0 Å². The molecule has 0 saturated heterocycles. The zero-order valence-electron chi connectivity index (χ0n) is 12.7. The van der Waals surface area contributed by atoms with Gasteiger partial charge in [-0.1, -0.05) is 23.7 Å². The number of nitrogens with zero attached hydrogens (tertiary/aromatic N) is 1. The first-order valence-electron chi connectivity index (χ1n) is 7.02. The van der Waals surface area contributed by atoms with Gasteiger partial charge in [0.15, 0.2) is 0 Å². The molecule has 20 heavy (non-hydrogen) atoms. The summed E-state index contributed by atoms with van der Waals surface area (Å²) in [4.78, 5) is 0. The van der Waals surface area contributed by atoms with Crippen LogP contribution in [-0.4, -0.2) is 10.6 Å². The molecule has 2 atom stereocenters. The molecule has 3 heteroatoms. The molecule has 0 amide bonds. The SMILES string of the molecule is Cc1c(C(Cc2ccc(Cl)cc2)C(C)N)cn(C)c1C. The molecule has 0 aliphatic carbocycles. The van der Waals surface area contributed by atoms with E-state index in [0.717, 1.165) is 11.4 Å². The van der Waals surface area contributed by atoms with Crippen LogP contribution in [0.1, 0.15) is 35.2 Å². The van der Waals surface area contributed by atoms with Crippen molar-refractivity contribution in [1.82, 2.24) is 4.57 Å². The fourth-order valence-electron chi connectivity index (χ4n) is 2.70. The maximum absolute atomic E-state index is 6.24. The minimum absolute atomic E-state index is 0.117. The summed E-state index contributed by atoms with van der Waals surface area (Å²) in [5.41, 5.74) is 11.5. The first-order valence-corrected chi connectivity index (χ1v) is 7.40. The van der Waals surface area contributed by atoms with Gasteiger partial charge in [0.2, 0.25) is 0 Å². The second kappa shape index (κ2) is 6.02. The van der Waals surface area contributed by atoms with Crippen molar-refractivity contribution in [2.45, 2.75) is 39.2 Å². The Morgan fingerprint density at radius 3 is 2.25 bits per heavy atom. The predicted molar refractivity (Wildman–Crippen MR) is 86.4 cm³/mol. The van der Waals surface area contributed by atoms with Crippen molar-refractivity contribution in [3.63, 3.8) is 0 Å². The van der Waals surface area contributed by atoms with Crippen LogP contribution in [0.15, 0.2) is 30.5 Å². The number of aryl methyl sites for hydroxylation is 1. The van der Waals surface area contributed by atoms with E-state index in [2.05, 4.69) is 50.7 Å². The summed E-state index contributed by atoms with van der Waals surface area (Å²) in [6, 6.07) is 8.17. The Morgan fingerprint density at radius 1 is 1.20 bits per heavy atom. The molecule has 1 aromatic heterocycles. The molecule has 2 N–H and O–H groups in total. The molecule has 1 heterocycles. The van der Waals surface area contributed by atoms with E-state index < -0.39 is 0 Å². The molecule has 2 unspecified atom stereocenters. The number of aromatic nitrogens is 1. The van der Waals surface area contributed by atoms with E-state index in [9.17, 15) is 0 Å². The van der Waals surface area contributed by atoms with Gasteiger partial charge in [0.1, 0.15) is 0 Å². The normalized spacial score (nSPS) is 14.3. The van der Waals surface area contributed by atoms with E-state index in [-0.39, 0.29) is 6.04 Å². The Labute approximate surface area is 126 Å². The molecule has 1 aromatic carbocycles. The molecule has 2 rings (SSSR count). The van der Waals surface area contributed by atoms with E-state index in [1.807, 2.05) is 12.1 Å². The summed E-state index contributed by atoms with van der Waals surface area (Å²) in [6.45, 7) is 6.42. The van der Waals surface area contributed by atoms with Crippen molar-refractivity contribution in [3.8, 4) is 0 Å². The number of nitrogens with two attached hydrogens (primary N) is 1. The maximum Gasteiger partial charge on any atom is 0.0406 e. The van der Waals surface area contributed by atoms with Gasteiger partial charge in [-0.15, -0.1) is 0 Å². The highest BCUT2D eigenvalue weighted by Gasteiger charge is 2.21. The van der Waals surface area contributed by atoms with Crippen molar-refractivity contribution in [1.29, 1.82) is 0 Å². The molecule has 0 fully saturated rings. The molecule has 108 valence electrons. The number of halogens is 1. The second-order valence-electron chi connectivity index (χ2n) is 5.70. The summed E-state index contributed by atoms with van der Waals surface area (Å²) >= 11 is 5.95. The Morgan fingerprint density at radius 2 is 1.80 bits per heavy atom. The van der Waals surface area contributed by atoms with Crippen LogP contribution in [-0.2, 0) is 13.5 Å². The van der Waals surface area contributed by atoms with E-state index in [4.69, 9.17) is 17.3 Å². The van der Waals surface area contributed by atoms with Gasteiger partial charge >= 0.3 is 0 Å². The topological polar surface area (TPSA) is 30.9 Å². The lowest BCUT2D eigenvalue weighted by Crippen LogP contribution is -2.26. The Kier molecular flexibility index (Phi) is 4.56. The number of rotatable bonds is 4. The van der Waals surface area contributed by atoms with E-state index in [1.165, 1.54) is 22.4 Å². The third-order valence-electron chi connectivity index (χ3n) is 4.24. The van der Waals surface area contributed by atoms with Crippen LogP contribution < -0.4 is 5.73 Å². The lowest BCUT2D eigenvalue weighted by Gasteiger charge is -2.21. The monoisotopic (exact) mass is 290 g/mol. The average molecular weight is 291 g/mol. The molecular weight excluding hydrogens is 268 g/mol. The van der Waals surface area contributed by atoms with Crippen molar-refractivity contribution in [3.05, 3.63) is 57.9 Å². The minimum Gasteiger partial charge on any atom is -0.354 e. The smallest absolute Gasteiger partial charge is 0.0406 e. The van der Waals surface area contributed by atoms with Crippen molar-refractivity contribution < 1.29 is 0 Å². The van der Waals surface area contributed by atoms with Gasteiger partial charge in [0.05, 0.1) is 0 Å². The van der Waals surface area contributed by atoms with Crippen LogP contribution in [0.4, 0.5) is 0 Å². The molecular formula is C17H23ClN2. The third kappa shape index (κ3) is 3.08. The first-order chi connectivity index (χ1) is 9.40. The van der Waals surface area contributed by atoms with Crippen molar-refractivity contribution >= 4 is 11.6 Å². The fraction of sp³-hybridized carbons (Fsp3) is 0.412. The summed E-state index contributed by atoms with van der Waals surface area (Å²) in [5, 5.41) is 0.776. The van der Waals surface area contributed by atoms with Crippen LogP contribution >= 0.6 is 11.6 Å². The quantitative estimate of drug-likeness (QED) is 0.907. The van der Waals surface area contributed by atoms with Crippen LogP contribution in [0.25, 0.3) is 0 Å². The third-order valence-corrected chi connectivity index (χ3v) is 4.49. The largest absolute Gasteiger partial charge is 0.354 e. The zero-order valence-corrected chi connectivity index (χ0v) is 13.4. The number of hydrogen-bond donors (Lipinski definition) is 1. The standard InChI is InChI=1S/C17H23ClN2/c1-11-13(3)20(4)10-17(11)16(12(2)19)9-14-5-7-15(18)8-6-14/h5-8,10,12,16H,9,19H2,1-4H3. The maximum atomic E-state index is 6.24. The molecule has 2 nitrogen and oxygen atoms in total.